The van der Waals surface area contributed by atoms with Gasteiger partial charge in [0.25, 0.3) is 0 Å². The molecule has 2 aromatic carbocycles. The van der Waals surface area contributed by atoms with Crippen LogP contribution >= 0.6 is 59.4 Å². The predicted octanol–water partition coefficient (Wildman–Crippen LogP) is 6.37. The molecular weight excluding hydrogens is 487 g/mol. The minimum absolute atomic E-state index is 0.0419. The smallest absolute Gasteiger partial charge is 0.161 e. The largest absolute Gasteiger partial charge is 0.493 e. The van der Waals surface area contributed by atoms with Crippen molar-refractivity contribution in [2.24, 2.45) is 0 Å². The van der Waals surface area contributed by atoms with E-state index in [0.29, 0.717) is 16.5 Å². The van der Waals surface area contributed by atoms with Gasteiger partial charge in [0.1, 0.15) is 0 Å². The third kappa shape index (κ3) is 3.76. The molecule has 0 N–H and O–H groups in total. The summed E-state index contributed by atoms with van der Waals surface area (Å²) in [4.78, 5) is -0.0419. The molecule has 0 aliphatic carbocycles. The van der Waals surface area contributed by atoms with E-state index in [2.05, 4.69) is 47.8 Å². The average Bonchev–Trinajstić information content (AvgIpc) is 2.48. The summed E-state index contributed by atoms with van der Waals surface area (Å²) in [6.07, 6.45) is 0. The van der Waals surface area contributed by atoms with Crippen LogP contribution in [0, 0.1) is 0 Å². The predicted molar refractivity (Wildman–Crippen MR) is 97.2 cm³/mol. The van der Waals surface area contributed by atoms with Gasteiger partial charge in [-0.3, -0.25) is 0 Å². The van der Waals surface area contributed by atoms with Gasteiger partial charge in [0.05, 0.1) is 19.0 Å². The summed E-state index contributed by atoms with van der Waals surface area (Å²) in [6, 6.07) is 9.53. The van der Waals surface area contributed by atoms with E-state index >= 15 is 0 Å². The lowest BCUT2D eigenvalue weighted by molar-refractivity contribution is 0.354. The van der Waals surface area contributed by atoms with Crippen LogP contribution in [0.4, 0.5) is 0 Å². The van der Waals surface area contributed by atoms with Gasteiger partial charge in [-0.05, 0) is 41.5 Å². The molecule has 0 amide bonds. The Labute approximate surface area is 154 Å². The lowest BCUT2D eigenvalue weighted by Crippen LogP contribution is -1.98. The van der Waals surface area contributed by atoms with Crippen molar-refractivity contribution in [3.8, 4) is 11.5 Å². The second-order valence-corrected chi connectivity index (χ2v) is 7.32. The highest BCUT2D eigenvalue weighted by Gasteiger charge is 2.19. The molecule has 1 unspecified atom stereocenters. The van der Waals surface area contributed by atoms with E-state index in [0.717, 1.165) is 20.1 Å². The summed E-state index contributed by atoms with van der Waals surface area (Å²) in [5.41, 5.74) is 2.06. The zero-order valence-electron chi connectivity index (χ0n) is 11.3. The lowest BCUT2D eigenvalue weighted by atomic mass is 10.0. The van der Waals surface area contributed by atoms with Crippen LogP contribution in [0.3, 0.4) is 0 Å². The normalized spacial score (nSPS) is 12.1. The second kappa shape index (κ2) is 7.36. The molecule has 21 heavy (non-hydrogen) atoms. The molecule has 2 nitrogen and oxygen atoms in total. The van der Waals surface area contributed by atoms with Crippen molar-refractivity contribution in [2.75, 3.05) is 14.2 Å². The molecule has 0 saturated heterocycles. The monoisotopic (exact) mass is 496 g/mol. The molecule has 0 bridgehead atoms. The standard InChI is InChI=1S/C15H12Br3ClO2/c1-20-13-6-10(12(17)7-14(13)21-2)15(18)9-5-8(19)3-4-11(9)16/h3-7,15H,1-2H3. The van der Waals surface area contributed by atoms with Crippen LogP contribution in [-0.2, 0) is 0 Å². The van der Waals surface area contributed by atoms with E-state index in [1.807, 2.05) is 30.3 Å². The molecule has 0 saturated carbocycles. The van der Waals surface area contributed by atoms with Gasteiger partial charge in [-0.15, -0.1) is 0 Å². The van der Waals surface area contributed by atoms with Crippen LogP contribution in [0.1, 0.15) is 16.0 Å². The van der Waals surface area contributed by atoms with Crippen molar-refractivity contribution >= 4 is 59.4 Å². The van der Waals surface area contributed by atoms with Gasteiger partial charge in [-0.1, -0.05) is 59.4 Å². The Bertz CT molecular complexity index is 662. The summed E-state index contributed by atoms with van der Waals surface area (Å²) >= 11 is 17.0. The average molecular weight is 499 g/mol. The first kappa shape index (κ1) is 17.1. The van der Waals surface area contributed by atoms with Crippen molar-refractivity contribution < 1.29 is 9.47 Å². The SMILES string of the molecule is COc1cc(Br)c(C(Br)c2cc(Cl)ccc2Br)cc1OC. The molecule has 0 aliphatic heterocycles. The van der Waals surface area contributed by atoms with Crippen LogP contribution in [0.25, 0.3) is 0 Å². The van der Waals surface area contributed by atoms with Crippen LogP contribution < -0.4 is 9.47 Å². The summed E-state index contributed by atoms with van der Waals surface area (Å²) in [5.74, 6) is 1.36. The highest BCUT2D eigenvalue weighted by atomic mass is 79.9. The molecule has 0 fully saturated rings. The summed E-state index contributed by atoms with van der Waals surface area (Å²) in [5, 5.41) is 0.689. The topological polar surface area (TPSA) is 18.5 Å². The molecule has 0 heterocycles. The quantitative estimate of drug-likeness (QED) is 0.456. The lowest BCUT2D eigenvalue weighted by Gasteiger charge is -2.17. The fraction of sp³-hybridized carbons (Fsp3) is 0.200. The van der Waals surface area contributed by atoms with Gasteiger partial charge in [-0.2, -0.15) is 0 Å². The van der Waals surface area contributed by atoms with Gasteiger partial charge >= 0.3 is 0 Å². The summed E-state index contributed by atoms with van der Waals surface area (Å²) in [7, 11) is 3.23. The fourth-order valence-electron chi connectivity index (χ4n) is 1.94. The molecule has 1 atom stereocenters. The van der Waals surface area contributed by atoms with Crippen LogP contribution in [0.15, 0.2) is 39.3 Å². The Morgan fingerprint density at radius 1 is 0.905 bits per heavy atom. The first-order valence-corrected chi connectivity index (χ1v) is 8.86. The highest BCUT2D eigenvalue weighted by Crippen LogP contribution is 2.43. The summed E-state index contributed by atoms with van der Waals surface area (Å²) < 4.78 is 12.6. The number of methoxy groups -OCH3 is 2. The Kier molecular flexibility index (Phi) is 6.00. The second-order valence-electron chi connectivity index (χ2n) is 4.26. The molecule has 2 aromatic rings. The molecule has 2 rings (SSSR count). The van der Waals surface area contributed by atoms with Crippen molar-refractivity contribution in [2.45, 2.75) is 4.83 Å². The highest BCUT2D eigenvalue weighted by molar-refractivity contribution is 9.11. The molecule has 0 aromatic heterocycles. The Hall–Kier alpha value is -0.230. The Morgan fingerprint density at radius 2 is 1.48 bits per heavy atom. The van der Waals surface area contributed by atoms with Crippen LogP contribution in [-0.4, -0.2) is 14.2 Å². The number of hydrogen-bond acceptors (Lipinski definition) is 2. The van der Waals surface area contributed by atoms with Crippen molar-refractivity contribution in [3.63, 3.8) is 0 Å². The van der Waals surface area contributed by atoms with E-state index in [-0.39, 0.29) is 4.83 Å². The fourth-order valence-corrected chi connectivity index (χ4v) is 4.52. The minimum Gasteiger partial charge on any atom is -0.493 e. The van der Waals surface area contributed by atoms with E-state index in [4.69, 9.17) is 21.1 Å². The van der Waals surface area contributed by atoms with Crippen molar-refractivity contribution in [3.05, 3.63) is 55.4 Å². The molecule has 0 spiro atoms. The zero-order valence-corrected chi connectivity index (χ0v) is 16.8. The number of ether oxygens (including phenoxy) is 2. The number of halogens is 4. The van der Waals surface area contributed by atoms with E-state index in [1.54, 1.807) is 14.2 Å². The van der Waals surface area contributed by atoms with Crippen LogP contribution in [0.2, 0.25) is 5.02 Å². The Morgan fingerprint density at radius 3 is 2.10 bits per heavy atom. The van der Waals surface area contributed by atoms with Crippen molar-refractivity contribution in [1.82, 2.24) is 0 Å². The Balaban J connectivity index is 2.52. The number of rotatable bonds is 4. The maximum Gasteiger partial charge on any atom is 0.161 e. The number of benzene rings is 2. The van der Waals surface area contributed by atoms with E-state index in [1.165, 1.54) is 0 Å². The maximum atomic E-state index is 6.10. The minimum atomic E-state index is -0.0419. The van der Waals surface area contributed by atoms with Crippen molar-refractivity contribution in [1.29, 1.82) is 0 Å². The van der Waals surface area contributed by atoms with E-state index < -0.39 is 0 Å². The number of hydrogen-bond donors (Lipinski definition) is 0. The number of alkyl halides is 1. The van der Waals surface area contributed by atoms with Gasteiger partial charge in [0.15, 0.2) is 11.5 Å². The van der Waals surface area contributed by atoms with E-state index in [9.17, 15) is 0 Å². The molecule has 0 radical (unpaired) electrons. The first-order chi connectivity index (χ1) is 9.97. The van der Waals surface area contributed by atoms with Gasteiger partial charge in [0.2, 0.25) is 0 Å². The van der Waals surface area contributed by atoms with Crippen LogP contribution in [0.5, 0.6) is 11.5 Å². The summed E-state index contributed by atoms with van der Waals surface area (Å²) in [6.45, 7) is 0. The first-order valence-electron chi connectivity index (χ1n) is 5.98. The third-order valence-electron chi connectivity index (χ3n) is 3.01. The van der Waals surface area contributed by atoms with Gasteiger partial charge in [0, 0.05) is 14.0 Å². The van der Waals surface area contributed by atoms with Gasteiger partial charge in [-0.25, -0.2) is 0 Å². The zero-order chi connectivity index (χ0) is 15.6. The third-order valence-corrected chi connectivity index (χ3v) is 5.64. The molecular formula is C15H12Br3ClO2. The maximum absolute atomic E-state index is 6.10. The molecule has 112 valence electrons. The van der Waals surface area contributed by atoms with Gasteiger partial charge < -0.3 is 9.47 Å². The molecule has 6 heteroatoms. The molecule has 0 aliphatic rings.